The Morgan fingerprint density at radius 2 is 2.12 bits per heavy atom. The predicted octanol–water partition coefficient (Wildman–Crippen LogP) is 1.35. The van der Waals surface area contributed by atoms with E-state index in [1.807, 2.05) is 6.07 Å². The molecule has 0 spiro atoms. The van der Waals surface area contributed by atoms with E-state index in [2.05, 4.69) is 55.5 Å². The number of nitrogens with one attached hydrogen (secondary N) is 2. The van der Waals surface area contributed by atoms with Gasteiger partial charge in [0, 0.05) is 40.2 Å². The van der Waals surface area contributed by atoms with Gasteiger partial charge in [-0.15, -0.1) is 10.2 Å². The number of hydrogen-bond acceptors (Lipinski definition) is 4. The SMILES string of the molecule is CCc1nncn1CCNC(=NC)NCc1cccc(COC)c1. The molecule has 0 bridgehead atoms. The number of hydrogen-bond donors (Lipinski definition) is 2. The second-order valence-corrected chi connectivity index (χ2v) is 5.40. The summed E-state index contributed by atoms with van der Waals surface area (Å²) in [5.74, 6) is 1.77. The van der Waals surface area contributed by atoms with E-state index >= 15 is 0 Å². The Labute approximate surface area is 143 Å². The number of methoxy groups -OCH3 is 1. The van der Waals surface area contributed by atoms with Gasteiger partial charge in [-0.1, -0.05) is 31.2 Å². The normalized spacial score (nSPS) is 11.5. The number of aliphatic imine (C=N–C) groups is 1. The standard InChI is InChI=1S/C17H26N6O/c1-4-16-22-21-13-23(16)9-8-19-17(18-2)20-11-14-6-5-7-15(10-14)12-24-3/h5-7,10,13H,4,8-9,11-12H2,1-3H3,(H2,18,19,20). The molecule has 0 radical (unpaired) electrons. The van der Waals surface area contributed by atoms with Crippen LogP contribution in [-0.4, -0.2) is 41.4 Å². The van der Waals surface area contributed by atoms with Crippen LogP contribution >= 0.6 is 0 Å². The van der Waals surface area contributed by atoms with Crippen LogP contribution in [0.2, 0.25) is 0 Å². The van der Waals surface area contributed by atoms with Crippen molar-refractivity contribution in [3.63, 3.8) is 0 Å². The highest BCUT2D eigenvalue weighted by molar-refractivity contribution is 5.79. The van der Waals surface area contributed by atoms with E-state index in [0.717, 1.165) is 31.3 Å². The van der Waals surface area contributed by atoms with Crippen LogP contribution < -0.4 is 10.6 Å². The van der Waals surface area contributed by atoms with Gasteiger partial charge < -0.3 is 19.9 Å². The largest absolute Gasteiger partial charge is 0.380 e. The zero-order chi connectivity index (χ0) is 17.2. The number of ether oxygens (including phenoxy) is 1. The third-order valence-electron chi connectivity index (χ3n) is 3.64. The van der Waals surface area contributed by atoms with Gasteiger partial charge in [-0.2, -0.15) is 0 Å². The van der Waals surface area contributed by atoms with E-state index in [4.69, 9.17) is 4.74 Å². The maximum absolute atomic E-state index is 5.17. The molecule has 24 heavy (non-hydrogen) atoms. The molecule has 0 aliphatic rings. The smallest absolute Gasteiger partial charge is 0.191 e. The second kappa shape index (κ2) is 9.67. The zero-order valence-corrected chi connectivity index (χ0v) is 14.6. The number of aromatic nitrogens is 3. The second-order valence-electron chi connectivity index (χ2n) is 5.40. The van der Waals surface area contributed by atoms with Crippen molar-refractivity contribution in [2.45, 2.75) is 33.0 Å². The van der Waals surface area contributed by atoms with Gasteiger partial charge in [-0.3, -0.25) is 4.99 Å². The lowest BCUT2D eigenvalue weighted by molar-refractivity contribution is 0.185. The lowest BCUT2D eigenvalue weighted by Gasteiger charge is -2.13. The molecule has 7 nitrogen and oxygen atoms in total. The quantitative estimate of drug-likeness (QED) is 0.564. The average Bonchev–Trinajstić information content (AvgIpc) is 3.06. The highest BCUT2D eigenvalue weighted by Crippen LogP contribution is 2.06. The molecule has 2 rings (SSSR count). The van der Waals surface area contributed by atoms with Gasteiger partial charge in [0.2, 0.25) is 0 Å². The Kier molecular flexibility index (Phi) is 7.22. The monoisotopic (exact) mass is 330 g/mol. The van der Waals surface area contributed by atoms with Crippen molar-refractivity contribution >= 4 is 5.96 Å². The third kappa shape index (κ3) is 5.34. The van der Waals surface area contributed by atoms with Crippen LogP contribution in [0.5, 0.6) is 0 Å². The summed E-state index contributed by atoms with van der Waals surface area (Å²) in [5, 5.41) is 14.6. The molecule has 0 saturated carbocycles. The molecular formula is C17H26N6O. The average molecular weight is 330 g/mol. The molecule has 0 saturated heterocycles. The molecule has 2 aromatic rings. The Morgan fingerprint density at radius 3 is 2.88 bits per heavy atom. The summed E-state index contributed by atoms with van der Waals surface area (Å²) in [5.41, 5.74) is 2.36. The van der Waals surface area contributed by atoms with E-state index in [1.165, 1.54) is 11.1 Å². The van der Waals surface area contributed by atoms with Crippen molar-refractivity contribution in [1.29, 1.82) is 0 Å². The summed E-state index contributed by atoms with van der Waals surface area (Å²) < 4.78 is 7.22. The van der Waals surface area contributed by atoms with Crippen molar-refractivity contribution in [2.24, 2.45) is 4.99 Å². The van der Waals surface area contributed by atoms with Gasteiger partial charge in [0.25, 0.3) is 0 Å². The van der Waals surface area contributed by atoms with E-state index in [9.17, 15) is 0 Å². The molecule has 7 heteroatoms. The first-order valence-electron chi connectivity index (χ1n) is 8.14. The molecule has 2 N–H and O–H groups in total. The zero-order valence-electron chi connectivity index (χ0n) is 14.6. The molecule has 1 aromatic heterocycles. The maximum Gasteiger partial charge on any atom is 0.191 e. The molecule has 0 atom stereocenters. The highest BCUT2D eigenvalue weighted by Gasteiger charge is 2.03. The van der Waals surface area contributed by atoms with Gasteiger partial charge in [-0.05, 0) is 11.1 Å². The summed E-state index contributed by atoms with van der Waals surface area (Å²) in [6, 6.07) is 8.32. The highest BCUT2D eigenvalue weighted by atomic mass is 16.5. The van der Waals surface area contributed by atoms with Gasteiger partial charge in [0.05, 0.1) is 6.61 Å². The summed E-state index contributed by atoms with van der Waals surface area (Å²) in [4.78, 5) is 4.25. The fourth-order valence-electron chi connectivity index (χ4n) is 2.44. The van der Waals surface area contributed by atoms with Crippen molar-refractivity contribution in [2.75, 3.05) is 20.7 Å². The van der Waals surface area contributed by atoms with Gasteiger partial charge in [0.15, 0.2) is 5.96 Å². The third-order valence-corrected chi connectivity index (χ3v) is 3.64. The van der Waals surface area contributed by atoms with Gasteiger partial charge in [-0.25, -0.2) is 0 Å². The van der Waals surface area contributed by atoms with Gasteiger partial charge >= 0.3 is 0 Å². The number of rotatable bonds is 8. The summed E-state index contributed by atoms with van der Waals surface area (Å²) in [6.45, 7) is 4.98. The molecule has 1 aromatic carbocycles. The fourth-order valence-corrected chi connectivity index (χ4v) is 2.44. The molecule has 1 heterocycles. The predicted molar refractivity (Wildman–Crippen MR) is 94.8 cm³/mol. The van der Waals surface area contributed by atoms with Crippen LogP contribution in [0.3, 0.4) is 0 Å². The first-order chi connectivity index (χ1) is 11.8. The number of nitrogens with zero attached hydrogens (tertiary/aromatic N) is 4. The number of guanidine groups is 1. The lowest BCUT2D eigenvalue weighted by atomic mass is 10.1. The van der Waals surface area contributed by atoms with Gasteiger partial charge in [0.1, 0.15) is 12.2 Å². The number of benzene rings is 1. The first kappa shape index (κ1) is 17.9. The van der Waals surface area contributed by atoms with Crippen LogP contribution in [0, 0.1) is 0 Å². The van der Waals surface area contributed by atoms with E-state index < -0.39 is 0 Å². The molecular weight excluding hydrogens is 304 g/mol. The molecule has 130 valence electrons. The molecule has 0 aliphatic heterocycles. The van der Waals surface area contributed by atoms with Crippen molar-refractivity contribution in [3.05, 3.63) is 47.5 Å². The van der Waals surface area contributed by atoms with Crippen molar-refractivity contribution in [3.8, 4) is 0 Å². The first-order valence-corrected chi connectivity index (χ1v) is 8.14. The minimum absolute atomic E-state index is 0.625. The summed E-state index contributed by atoms with van der Waals surface area (Å²) in [6.07, 6.45) is 2.64. The van der Waals surface area contributed by atoms with E-state index in [1.54, 1.807) is 20.5 Å². The van der Waals surface area contributed by atoms with Crippen LogP contribution in [-0.2, 0) is 30.9 Å². The van der Waals surface area contributed by atoms with Crippen LogP contribution in [0.4, 0.5) is 0 Å². The molecule has 0 amide bonds. The molecule has 0 unspecified atom stereocenters. The molecule has 0 aliphatic carbocycles. The van der Waals surface area contributed by atoms with Crippen LogP contribution in [0.1, 0.15) is 23.9 Å². The minimum Gasteiger partial charge on any atom is -0.380 e. The molecule has 0 fully saturated rings. The Bertz CT molecular complexity index is 652. The fraction of sp³-hybridized carbons (Fsp3) is 0.471. The van der Waals surface area contributed by atoms with Crippen LogP contribution in [0.25, 0.3) is 0 Å². The van der Waals surface area contributed by atoms with Crippen LogP contribution in [0.15, 0.2) is 35.6 Å². The maximum atomic E-state index is 5.17. The Morgan fingerprint density at radius 1 is 1.29 bits per heavy atom. The lowest BCUT2D eigenvalue weighted by Crippen LogP contribution is -2.38. The topological polar surface area (TPSA) is 76.4 Å². The van der Waals surface area contributed by atoms with E-state index in [-0.39, 0.29) is 0 Å². The summed E-state index contributed by atoms with van der Waals surface area (Å²) in [7, 11) is 3.48. The van der Waals surface area contributed by atoms with Crippen molar-refractivity contribution < 1.29 is 4.74 Å². The van der Waals surface area contributed by atoms with E-state index in [0.29, 0.717) is 13.2 Å². The summed E-state index contributed by atoms with van der Waals surface area (Å²) >= 11 is 0. The minimum atomic E-state index is 0.625. The number of aryl methyl sites for hydroxylation is 1. The Hall–Kier alpha value is -2.41. The Balaban J connectivity index is 1.79. The van der Waals surface area contributed by atoms with Crippen molar-refractivity contribution in [1.82, 2.24) is 25.4 Å².